The van der Waals surface area contributed by atoms with Crippen molar-refractivity contribution < 1.29 is 4.79 Å². The number of rotatable bonds is 5. The Balaban J connectivity index is 0.00000256. The second-order valence-corrected chi connectivity index (χ2v) is 7.02. The predicted molar refractivity (Wildman–Crippen MR) is 127 cm³/mol. The van der Waals surface area contributed by atoms with E-state index in [1.54, 1.807) is 15.8 Å². The number of aromatic nitrogens is 4. The minimum Gasteiger partial charge on any atom is -0.357 e. The number of piperazine rings is 1. The molecular formula is C20H27IN8O. The van der Waals surface area contributed by atoms with E-state index in [9.17, 15) is 4.79 Å². The second-order valence-electron chi connectivity index (χ2n) is 7.02. The highest BCUT2D eigenvalue weighted by molar-refractivity contribution is 14.0. The van der Waals surface area contributed by atoms with Crippen LogP contribution in [0, 0.1) is 0 Å². The summed E-state index contributed by atoms with van der Waals surface area (Å²) >= 11 is 0. The van der Waals surface area contributed by atoms with E-state index in [2.05, 4.69) is 15.4 Å². The molecule has 1 fully saturated rings. The molecule has 30 heavy (non-hydrogen) atoms. The van der Waals surface area contributed by atoms with E-state index in [1.807, 2.05) is 60.1 Å². The molecule has 10 heteroatoms. The molecule has 0 radical (unpaired) electrons. The summed E-state index contributed by atoms with van der Waals surface area (Å²) in [7, 11) is 1.85. The average molecular weight is 522 g/mol. The first kappa shape index (κ1) is 22.1. The fourth-order valence-electron chi connectivity index (χ4n) is 3.48. The lowest BCUT2D eigenvalue weighted by atomic mass is 10.3. The molecule has 1 aliphatic rings. The maximum Gasteiger partial charge on any atom is 0.246 e. The Morgan fingerprint density at radius 1 is 1.27 bits per heavy atom. The predicted octanol–water partition coefficient (Wildman–Crippen LogP) is 1.54. The van der Waals surface area contributed by atoms with Crippen molar-refractivity contribution in [1.29, 1.82) is 0 Å². The van der Waals surface area contributed by atoms with Crippen LogP contribution in [-0.2, 0) is 18.3 Å². The highest BCUT2D eigenvalue weighted by atomic mass is 127. The molecule has 0 unspecified atom stereocenters. The van der Waals surface area contributed by atoms with Crippen molar-refractivity contribution >= 4 is 47.2 Å². The Morgan fingerprint density at radius 2 is 2.13 bits per heavy atom. The van der Waals surface area contributed by atoms with Gasteiger partial charge >= 0.3 is 0 Å². The summed E-state index contributed by atoms with van der Waals surface area (Å²) in [6.45, 7) is 5.04. The summed E-state index contributed by atoms with van der Waals surface area (Å²) in [5.41, 5.74) is 2.79. The second kappa shape index (κ2) is 9.92. The van der Waals surface area contributed by atoms with Gasteiger partial charge in [0.2, 0.25) is 5.91 Å². The fraction of sp³-hybridized carbons (Fsp3) is 0.400. The lowest BCUT2D eigenvalue weighted by molar-refractivity contribution is -0.120. The van der Waals surface area contributed by atoms with Gasteiger partial charge in [-0.25, -0.2) is 4.98 Å². The smallest absolute Gasteiger partial charge is 0.246 e. The highest BCUT2D eigenvalue weighted by Gasteiger charge is 2.27. The maximum absolute atomic E-state index is 12.7. The van der Waals surface area contributed by atoms with Crippen LogP contribution < -0.4 is 10.2 Å². The number of aliphatic imine (C=N–C) groups is 1. The third kappa shape index (κ3) is 4.91. The number of imidazole rings is 1. The molecule has 4 rings (SSSR count). The summed E-state index contributed by atoms with van der Waals surface area (Å²) in [6.07, 6.45) is 8.37. The molecule has 3 aromatic heterocycles. The van der Waals surface area contributed by atoms with Gasteiger partial charge in [-0.05, 0) is 19.1 Å². The maximum atomic E-state index is 12.7. The van der Waals surface area contributed by atoms with Crippen LogP contribution in [0.25, 0.3) is 5.65 Å². The largest absolute Gasteiger partial charge is 0.357 e. The van der Waals surface area contributed by atoms with E-state index < -0.39 is 0 Å². The Morgan fingerprint density at radius 3 is 2.83 bits per heavy atom. The standard InChI is InChI=1S/C20H26N8O.HI/c1-3-21-20(22-8-7-16-13-26-9-5-4-6-18(26)24-16)27-10-11-28(19(29)15-27)17-12-23-25(2)14-17;/h4-6,9,12-14H,3,7-8,10-11,15H2,1-2H3,(H,21,22);1H. The minimum atomic E-state index is 0. The number of nitrogens with zero attached hydrogens (tertiary/aromatic N) is 7. The molecule has 9 nitrogen and oxygen atoms in total. The number of fused-ring (bicyclic) bond motifs is 1. The van der Waals surface area contributed by atoms with Gasteiger partial charge in [0.15, 0.2) is 5.96 Å². The van der Waals surface area contributed by atoms with E-state index in [0.29, 0.717) is 19.6 Å². The molecule has 0 bridgehead atoms. The zero-order chi connectivity index (χ0) is 20.2. The molecule has 160 valence electrons. The van der Waals surface area contributed by atoms with Crippen LogP contribution in [0.1, 0.15) is 12.6 Å². The normalized spacial score (nSPS) is 14.9. The lowest BCUT2D eigenvalue weighted by Crippen LogP contribution is -2.55. The Kier molecular flexibility index (Phi) is 7.29. The number of carbonyl (C=O) groups excluding carboxylic acids is 1. The van der Waals surface area contributed by atoms with Crippen molar-refractivity contribution in [1.82, 2.24) is 29.4 Å². The number of aryl methyl sites for hydroxylation is 1. The first-order chi connectivity index (χ1) is 14.1. The van der Waals surface area contributed by atoms with Gasteiger partial charge in [-0.1, -0.05) is 6.07 Å². The SMILES string of the molecule is CCNC(=NCCc1cn2ccccc2n1)N1CCN(c2cnn(C)c2)C(=O)C1.I. The van der Waals surface area contributed by atoms with Crippen molar-refractivity contribution in [2.75, 3.05) is 37.6 Å². The van der Waals surface area contributed by atoms with Crippen LogP contribution >= 0.6 is 24.0 Å². The van der Waals surface area contributed by atoms with E-state index in [1.165, 1.54) is 0 Å². The first-order valence-corrected chi connectivity index (χ1v) is 9.89. The van der Waals surface area contributed by atoms with E-state index in [4.69, 9.17) is 4.99 Å². The molecule has 0 atom stereocenters. The lowest BCUT2D eigenvalue weighted by Gasteiger charge is -2.35. The zero-order valence-electron chi connectivity index (χ0n) is 17.2. The van der Waals surface area contributed by atoms with Crippen molar-refractivity contribution in [2.24, 2.45) is 12.0 Å². The number of carbonyl (C=O) groups is 1. The van der Waals surface area contributed by atoms with Gasteiger partial charge in [0, 0.05) is 58.2 Å². The summed E-state index contributed by atoms with van der Waals surface area (Å²) in [5.74, 6) is 0.825. The number of amides is 1. The van der Waals surface area contributed by atoms with Crippen molar-refractivity contribution in [3.8, 4) is 0 Å². The third-order valence-corrected chi connectivity index (χ3v) is 4.90. The van der Waals surface area contributed by atoms with E-state index in [0.717, 1.165) is 42.5 Å². The summed E-state index contributed by atoms with van der Waals surface area (Å²) in [6, 6.07) is 5.96. The molecule has 1 saturated heterocycles. The van der Waals surface area contributed by atoms with Crippen LogP contribution in [0.4, 0.5) is 5.69 Å². The van der Waals surface area contributed by atoms with E-state index in [-0.39, 0.29) is 29.9 Å². The Hall–Kier alpha value is -2.63. The van der Waals surface area contributed by atoms with Gasteiger partial charge in [-0.2, -0.15) is 5.10 Å². The Bertz CT molecular complexity index is 994. The number of nitrogens with one attached hydrogen (secondary N) is 1. The van der Waals surface area contributed by atoms with Crippen molar-refractivity contribution in [3.63, 3.8) is 0 Å². The molecule has 1 amide bonds. The number of hydrogen-bond donors (Lipinski definition) is 1. The number of pyridine rings is 1. The molecule has 0 spiro atoms. The molecule has 1 N–H and O–H groups in total. The van der Waals surface area contributed by atoms with Crippen LogP contribution in [0.5, 0.6) is 0 Å². The summed E-state index contributed by atoms with van der Waals surface area (Å²) < 4.78 is 3.72. The third-order valence-electron chi connectivity index (χ3n) is 4.90. The van der Waals surface area contributed by atoms with Gasteiger partial charge in [0.05, 0.1) is 17.6 Å². The van der Waals surface area contributed by atoms with Gasteiger partial charge in [-0.15, -0.1) is 24.0 Å². The number of guanidine groups is 1. The molecule has 0 aliphatic carbocycles. The topological polar surface area (TPSA) is 83.1 Å². The molecular weight excluding hydrogens is 495 g/mol. The van der Waals surface area contributed by atoms with Crippen molar-refractivity contribution in [3.05, 3.63) is 48.7 Å². The van der Waals surface area contributed by atoms with Crippen LogP contribution in [0.3, 0.4) is 0 Å². The van der Waals surface area contributed by atoms with Crippen LogP contribution in [0.15, 0.2) is 48.0 Å². The average Bonchev–Trinajstić information content (AvgIpc) is 3.33. The quantitative estimate of drug-likeness (QED) is 0.313. The van der Waals surface area contributed by atoms with Crippen LogP contribution in [0.2, 0.25) is 0 Å². The highest BCUT2D eigenvalue weighted by Crippen LogP contribution is 2.16. The van der Waals surface area contributed by atoms with Gasteiger partial charge in [-0.3, -0.25) is 14.5 Å². The fourth-order valence-corrected chi connectivity index (χ4v) is 3.48. The number of halogens is 1. The molecule has 3 aromatic rings. The summed E-state index contributed by atoms with van der Waals surface area (Å²) in [5, 5.41) is 7.47. The van der Waals surface area contributed by atoms with Gasteiger partial charge in [0.1, 0.15) is 12.2 Å². The molecule has 0 saturated carbocycles. The van der Waals surface area contributed by atoms with Crippen molar-refractivity contribution in [2.45, 2.75) is 13.3 Å². The zero-order valence-corrected chi connectivity index (χ0v) is 19.6. The first-order valence-electron chi connectivity index (χ1n) is 9.89. The number of anilines is 1. The Labute approximate surface area is 192 Å². The molecule has 0 aromatic carbocycles. The van der Waals surface area contributed by atoms with E-state index >= 15 is 0 Å². The van der Waals surface area contributed by atoms with Gasteiger partial charge < -0.3 is 19.5 Å². The summed E-state index contributed by atoms with van der Waals surface area (Å²) in [4.78, 5) is 25.8. The minimum absolute atomic E-state index is 0. The molecule has 4 heterocycles. The number of hydrogen-bond acceptors (Lipinski definition) is 4. The monoisotopic (exact) mass is 522 g/mol. The van der Waals surface area contributed by atoms with Gasteiger partial charge in [0.25, 0.3) is 0 Å². The van der Waals surface area contributed by atoms with Crippen LogP contribution in [-0.4, -0.2) is 68.7 Å². The molecule has 1 aliphatic heterocycles.